The summed E-state index contributed by atoms with van der Waals surface area (Å²) in [5.41, 5.74) is 0.657. The number of rotatable bonds is 23. The number of unbranched alkanes of at least 4 members (excludes halogenated alkanes) is 9. The number of nitrogens with one attached hydrogen (secondary N) is 4. The molecule has 0 aliphatic carbocycles. The lowest BCUT2D eigenvalue weighted by molar-refractivity contribution is -0.127. The van der Waals surface area contributed by atoms with Crippen molar-refractivity contribution in [1.82, 2.24) is 16.0 Å². The van der Waals surface area contributed by atoms with Crippen molar-refractivity contribution < 1.29 is 23.9 Å². The summed E-state index contributed by atoms with van der Waals surface area (Å²) in [6.07, 6.45) is 13.0. The van der Waals surface area contributed by atoms with E-state index in [1.165, 1.54) is 64.7 Å². The van der Waals surface area contributed by atoms with E-state index in [-0.39, 0.29) is 17.7 Å². The topological polar surface area (TPSA) is 118 Å². The van der Waals surface area contributed by atoms with E-state index in [2.05, 4.69) is 28.2 Å². The molecule has 0 fully saturated rings. The first-order valence-corrected chi connectivity index (χ1v) is 14.3. The number of ether oxygens (including phenoxy) is 2. The summed E-state index contributed by atoms with van der Waals surface area (Å²) >= 11 is 0. The first kappa shape index (κ1) is 33.2. The van der Waals surface area contributed by atoms with Gasteiger partial charge in [-0.25, -0.2) is 0 Å². The van der Waals surface area contributed by atoms with Gasteiger partial charge in [-0.2, -0.15) is 0 Å². The van der Waals surface area contributed by atoms with Gasteiger partial charge in [0.15, 0.2) is 6.17 Å². The van der Waals surface area contributed by atoms with Crippen molar-refractivity contribution in [2.75, 3.05) is 38.7 Å². The number of carbonyl (C=O) groups is 3. The van der Waals surface area contributed by atoms with Crippen LogP contribution < -0.4 is 26.0 Å². The van der Waals surface area contributed by atoms with E-state index in [0.717, 1.165) is 13.0 Å². The normalized spacial score (nSPS) is 11.4. The molecule has 9 heteroatoms. The van der Waals surface area contributed by atoms with Crippen LogP contribution in [0.15, 0.2) is 24.3 Å². The second-order valence-corrected chi connectivity index (χ2v) is 9.57. The minimum atomic E-state index is -0.907. The number of carbonyl (C=O) groups excluding carboxylic acids is 3. The second-order valence-electron chi connectivity index (χ2n) is 9.57. The summed E-state index contributed by atoms with van der Waals surface area (Å²) in [7, 11) is 1.55. The van der Waals surface area contributed by atoms with Crippen molar-refractivity contribution in [2.45, 2.75) is 97.1 Å². The minimum absolute atomic E-state index is 0.0665. The number of hydrogen-bond donors (Lipinski definition) is 4. The highest BCUT2D eigenvalue weighted by molar-refractivity contribution is 5.88. The Morgan fingerprint density at radius 2 is 1.42 bits per heavy atom. The molecule has 0 heterocycles. The SMILES string of the molecule is CCCCCCCCCCCCNC(=O)CCCOc1ccc(NC(NC(C)=O)C(=O)NCCOC)cc1. The Hall–Kier alpha value is -2.81. The third-order valence-corrected chi connectivity index (χ3v) is 6.05. The molecular formula is C29H50N4O5. The number of benzene rings is 1. The van der Waals surface area contributed by atoms with Crippen LogP contribution in [-0.4, -0.2) is 57.3 Å². The highest BCUT2D eigenvalue weighted by Crippen LogP contribution is 2.17. The molecule has 0 bridgehead atoms. The molecule has 0 aliphatic rings. The maximum absolute atomic E-state index is 12.3. The van der Waals surface area contributed by atoms with Crippen molar-refractivity contribution in [1.29, 1.82) is 0 Å². The maximum Gasteiger partial charge on any atom is 0.263 e. The average molecular weight is 535 g/mol. The maximum atomic E-state index is 12.3. The van der Waals surface area contributed by atoms with Crippen molar-refractivity contribution in [3.05, 3.63) is 24.3 Å². The summed E-state index contributed by atoms with van der Waals surface area (Å²) in [6.45, 7) is 5.51. The molecule has 0 aliphatic heterocycles. The van der Waals surface area contributed by atoms with Crippen LogP contribution in [0.5, 0.6) is 5.75 Å². The van der Waals surface area contributed by atoms with Crippen molar-refractivity contribution in [2.24, 2.45) is 0 Å². The molecule has 4 N–H and O–H groups in total. The predicted molar refractivity (Wildman–Crippen MR) is 152 cm³/mol. The van der Waals surface area contributed by atoms with Gasteiger partial charge >= 0.3 is 0 Å². The largest absolute Gasteiger partial charge is 0.494 e. The van der Waals surface area contributed by atoms with Gasteiger partial charge in [0.25, 0.3) is 5.91 Å². The van der Waals surface area contributed by atoms with E-state index < -0.39 is 6.17 Å². The Labute approximate surface area is 229 Å². The molecule has 3 amide bonds. The molecule has 1 aromatic rings. The van der Waals surface area contributed by atoms with Gasteiger partial charge in [0.1, 0.15) is 5.75 Å². The highest BCUT2D eigenvalue weighted by Gasteiger charge is 2.18. The van der Waals surface area contributed by atoms with E-state index in [0.29, 0.717) is 44.0 Å². The molecule has 0 aromatic heterocycles. The first-order chi connectivity index (χ1) is 18.5. The standard InChI is InChI=1S/C29H50N4O5/c1-4-5-6-7-8-9-10-11-12-13-20-30-27(35)15-14-22-38-26-18-16-25(17-19-26)33-28(32-24(2)34)29(36)31-21-23-37-3/h16-19,28,33H,4-15,20-23H2,1-3H3,(H,30,35)(H,31,36)(H,32,34). The zero-order valence-electron chi connectivity index (χ0n) is 23.7. The van der Waals surface area contributed by atoms with Crippen LogP contribution in [0.25, 0.3) is 0 Å². The zero-order valence-corrected chi connectivity index (χ0v) is 23.7. The molecule has 216 valence electrons. The molecule has 1 unspecified atom stereocenters. The predicted octanol–water partition coefficient (Wildman–Crippen LogP) is 4.52. The molecule has 1 aromatic carbocycles. The highest BCUT2D eigenvalue weighted by atomic mass is 16.5. The van der Waals surface area contributed by atoms with Crippen LogP contribution in [0, 0.1) is 0 Å². The third kappa shape index (κ3) is 17.6. The Balaban J connectivity index is 2.17. The summed E-state index contributed by atoms with van der Waals surface area (Å²) in [5, 5.41) is 11.3. The molecule has 0 radical (unpaired) electrons. The Bertz CT molecular complexity index is 773. The van der Waals surface area contributed by atoms with Crippen LogP contribution in [-0.2, 0) is 19.1 Å². The van der Waals surface area contributed by atoms with Gasteiger partial charge in [-0.1, -0.05) is 64.7 Å². The molecule has 0 saturated carbocycles. The third-order valence-electron chi connectivity index (χ3n) is 6.05. The minimum Gasteiger partial charge on any atom is -0.494 e. The number of anilines is 1. The van der Waals surface area contributed by atoms with Gasteiger partial charge in [-0.3, -0.25) is 14.4 Å². The van der Waals surface area contributed by atoms with Gasteiger partial charge < -0.3 is 30.7 Å². The van der Waals surface area contributed by atoms with E-state index in [1.54, 1.807) is 31.4 Å². The summed E-state index contributed by atoms with van der Waals surface area (Å²) in [6, 6.07) is 7.10. The van der Waals surface area contributed by atoms with Gasteiger partial charge in [-0.15, -0.1) is 0 Å². The molecule has 0 spiro atoms. The van der Waals surface area contributed by atoms with Crippen molar-refractivity contribution >= 4 is 23.4 Å². The quantitative estimate of drug-likeness (QED) is 0.121. The molecular weight excluding hydrogens is 484 g/mol. The van der Waals surface area contributed by atoms with Gasteiger partial charge in [0.2, 0.25) is 11.8 Å². The lowest BCUT2D eigenvalue weighted by Gasteiger charge is -2.20. The fourth-order valence-corrected chi connectivity index (χ4v) is 3.91. The van der Waals surface area contributed by atoms with Crippen molar-refractivity contribution in [3.8, 4) is 5.75 Å². The lowest BCUT2D eigenvalue weighted by atomic mass is 10.1. The number of methoxy groups -OCH3 is 1. The van der Waals surface area contributed by atoms with E-state index >= 15 is 0 Å². The van der Waals surface area contributed by atoms with E-state index in [9.17, 15) is 14.4 Å². The zero-order chi connectivity index (χ0) is 27.8. The van der Waals surface area contributed by atoms with E-state index in [4.69, 9.17) is 9.47 Å². The van der Waals surface area contributed by atoms with E-state index in [1.807, 2.05) is 0 Å². The monoisotopic (exact) mass is 534 g/mol. The summed E-state index contributed by atoms with van der Waals surface area (Å²) in [4.78, 5) is 35.8. The average Bonchev–Trinajstić information content (AvgIpc) is 2.90. The van der Waals surface area contributed by atoms with Gasteiger partial charge in [0, 0.05) is 39.2 Å². The molecule has 1 atom stereocenters. The number of hydrogen-bond acceptors (Lipinski definition) is 6. The lowest BCUT2D eigenvalue weighted by Crippen LogP contribution is -2.51. The molecule has 1 rings (SSSR count). The molecule has 9 nitrogen and oxygen atoms in total. The first-order valence-electron chi connectivity index (χ1n) is 14.3. The van der Waals surface area contributed by atoms with Crippen LogP contribution in [0.2, 0.25) is 0 Å². The fraction of sp³-hybridized carbons (Fsp3) is 0.690. The second kappa shape index (κ2) is 22.2. The smallest absolute Gasteiger partial charge is 0.263 e. The van der Waals surface area contributed by atoms with Crippen LogP contribution in [0.1, 0.15) is 90.9 Å². The molecule has 38 heavy (non-hydrogen) atoms. The Morgan fingerprint density at radius 3 is 2.03 bits per heavy atom. The van der Waals surface area contributed by atoms with Gasteiger partial charge in [-0.05, 0) is 37.1 Å². The molecule has 0 saturated heterocycles. The summed E-state index contributed by atoms with van der Waals surface area (Å²) < 4.78 is 10.7. The fourth-order valence-electron chi connectivity index (χ4n) is 3.91. The summed E-state index contributed by atoms with van der Waals surface area (Å²) in [5.74, 6) is 0.0553. The van der Waals surface area contributed by atoms with Crippen LogP contribution >= 0.6 is 0 Å². The van der Waals surface area contributed by atoms with Crippen LogP contribution in [0.3, 0.4) is 0 Å². The van der Waals surface area contributed by atoms with Crippen molar-refractivity contribution in [3.63, 3.8) is 0 Å². The Morgan fingerprint density at radius 1 is 0.789 bits per heavy atom. The number of amides is 3. The van der Waals surface area contributed by atoms with Crippen LogP contribution in [0.4, 0.5) is 5.69 Å². The van der Waals surface area contributed by atoms with Gasteiger partial charge in [0.05, 0.1) is 13.2 Å². The Kier molecular flexibility index (Phi) is 19.4.